The topological polar surface area (TPSA) is 98.7 Å². The van der Waals surface area contributed by atoms with E-state index in [0.717, 1.165) is 19.1 Å². The van der Waals surface area contributed by atoms with Gasteiger partial charge in [-0.15, -0.1) is 0 Å². The molecule has 0 heterocycles. The zero-order valence-electron chi connectivity index (χ0n) is 10.2. The first-order chi connectivity index (χ1) is 9.13. The third-order valence-corrected chi connectivity index (χ3v) is 3.05. The molecule has 4 N–H and O–H groups in total. The van der Waals surface area contributed by atoms with Gasteiger partial charge in [-0.2, -0.15) is 0 Å². The summed E-state index contributed by atoms with van der Waals surface area (Å²) >= 11 is 2.68. The smallest absolute Gasteiger partial charge is 0.337 e. The predicted octanol–water partition coefficient (Wildman–Crippen LogP) is 1.68. The lowest BCUT2D eigenvalue weighted by Gasteiger charge is -2.18. The summed E-state index contributed by atoms with van der Waals surface area (Å²) in [4.78, 5) is 22.0. The Morgan fingerprint density at radius 2 is 1.85 bits per heavy atom. The molecular weight excluding hydrogens is 342 g/mol. The number of amides is 2. The molecule has 0 radical (unpaired) electrons. The number of carbonyl (C=O) groups excluding carboxylic acids is 1. The fraction of sp³-hybridized carbons (Fsp3) is 0.273. The van der Waals surface area contributed by atoms with Crippen molar-refractivity contribution in [1.82, 2.24) is 5.32 Å². The maximum absolute atomic E-state index is 13.2. The quantitative estimate of drug-likeness (QED) is 0.619. The molecule has 0 fully saturated rings. The minimum absolute atomic E-state index is 0.157. The molecule has 0 aliphatic carbocycles. The van der Waals surface area contributed by atoms with Crippen LogP contribution in [0.15, 0.2) is 16.6 Å². The summed E-state index contributed by atoms with van der Waals surface area (Å²) in [5.41, 5.74) is -2.30. The molecule has 1 unspecified atom stereocenters. The fourth-order valence-electron chi connectivity index (χ4n) is 1.13. The first-order valence-corrected chi connectivity index (χ1v) is 6.08. The zero-order chi connectivity index (χ0) is 15.5. The van der Waals surface area contributed by atoms with Gasteiger partial charge in [0.05, 0.1) is 11.0 Å². The average Bonchev–Trinajstić information content (AvgIpc) is 2.33. The van der Waals surface area contributed by atoms with Gasteiger partial charge in [0.2, 0.25) is 0 Å². The molecule has 0 saturated heterocycles. The summed E-state index contributed by atoms with van der Waals surface area (Å²) < 4.78 is 26.0. The predicted molar refractivity (Wildman–Crippen MR) is 69.3 cm³/mol. The summed E-state index contributed by atoms with van der Waals surface area (Å²) in [6.07, 6.45) is 0. The molecule has 0 saturated carbocycles. The largest absolute Gasteiger partial charge is 0.479 e. The van der Waals surface area contributed by atoms with Gasteiger partial charge in [-0.1, -0.05) is 0 Å². The number of aliphatic hydroxyl groups is 1. The number of carbonyl (C=O) groups is 2. The summed E-state index contributed by atoms with van der Waals surface area (Å²) in [5.74, 6) is -3.32. The van der Waals surface area contributed by atoms with Gasteiger partial charge in [0.1, 0.15) is 11.6 Å². The molecule has 2 amide bonds. The number of urea groups is 1. The fourth-order valence-corrected chi connectivity index (χ4v) is 1.36. The maximum Gasteiger partial charge on any atom is 0.337 e. The van der Waals surface area contributed by atoms with Crippen LogP contribution in [0.2, 0.25) is 0 Å². The highest BCUT2D eigenvalue weighted by Gasteiger charge is 2.30. The molecule has 0 aliphatic heterocycles. The van der Waals surface area contributed by atoms with Gasteiger partial charge >= 0.3 is 12.0 Å². The van der Waals surface area contributed by atoms with Crippen LogP contribution in [-0.2, 0) is 4.79 Å². The molecule has 0 aromatic heterocycles. The Balaban J connectivity index is 2.66. The number of hydrogen-bond acceptors (Lipinski definition) is 3. The molecule has 0 bridgehead atoms. The standard InChI is InChI=1S/C11H11BrF2N2O4/c1-11(20,9(17)18)4-15-10(19)16-5-2-6(13)8(12)7(14)3-5/h2-3,20H,4H2,1H3,(H,17,18)(H2,15,16,19). The molecule has 1 atom stereocenters. The summed E-state index contributed by atoms with van der Waals surface area (Å²) in [6, 6.07) is 0.845. The minimum atomic E-state index is -2.15. The van der Waals surface area contributed by atoms with Crippen LogP contribution in [0.5, 0.6) is 0 Å². The lowest BCUT2D eigenvalue weighted by molar-refractivity contribution is -0.155. The van der Waals surface area contributed by atoms with Gasteiger partial charge < -0.3 is 20.8 Å². The number of carboxylic acids is 1. The van der Waals surface area contributed by atoms with Crippen LogP contribution < -0.4 is 10.6 Å². The Hall–Kier alpha value is -1.74. The Bertz CT molecular complexity index is 528. The van der Waals surface area contributed by atoms with Crippen molar-refractivity contribution in [1.29, 1.82) is 0 Å². The molecular formula is C11H11BrF2N2O4. The lowest BCUT2D eigenvalue weighted by atomic mass is 10.1. The first-order valence-electron chi connectivity index (χ1n) is 5.28. The van der Waals surface area contributed by atoms with E-state index in [9.17, 15) is 23.5 Å². The van der Waals surface area contributed by atoms with Crippen LogP contribution in [-0.4, -0.2) is 34.4 Å². The van der Waals surface area contributed by atoms with Gasteiger partial charge in [0.15, 0.2) is 5.60 Å². The highest BCUT2D eigenvalue weighted by atomic mass is 79.9. The number of rotatable bonds is 4. The van der Waals surface area contributed by atoms with Crippen LogP contribution in [0.3, 0.4) is 0 Å². The zero-order valence-corrected chi connectivity index (χ0v) is 11.8. The van der Waals surface area contributed by atoms with E-state index in [1.807, 2.05) is 0 Å². The normalized spacial score (nSPS) is 13.4. The van der Waals surface area contributed by atoms with E-state index in [-0.39, 0.29) is 10.2 Å². The molecule has 1 aromatic carbocycles. The van der Waals surface area contributed by atoms with Crippen molar-refractivity contribution in [3.8, 4) is 0 Å². The van der Waals surface area contributed by atoms with Crippen molar-refractivity contribution in [2.45, 2.75) is 12.5 Å². The van der Waals surface area contributed by atoms with E-state index in [1.165, 1.54) is 0 Å². The van der Waals surface area contributed by atoms with Crippen molar-refractivity contribution in [3.63, 3.8) is 0 Å². The maximum atomic E-state index is 13.2. The van der Waals surface area contributed by atoms with Crippen LogP contribution in [0.25, 0.3) is 0 Å². The van der Waals surface area contributed by atoms with Gasteiger partial charge in [-0.3, -0.25) is 0 Å². The van der Waals surface area contributed by atoms with Crippen molar-refractivity contribution < 1.29 is 28.6 Å². The highest BCUT2D eigenvalue weighted by molar-refractivity contribution is 9.10. The molecule has 0 spiro atoms. The van der Waals surface area contributed by atoms with Crippen molar-refractivity contribution in [2.75, 3.05) is 11.9 Å². The molecule has 110 valence electrons. The molecule has 1 rings (SSSR count). The third kappa shape index (κ3) is 4.14. The molecule has 1 aromatic rings. The van der Waals surface area contributed by atoms with E-state index >= 15 is 0 Å². The Morgan fingerprint density at radius 3 is 2.30 bits per heavy atom. The number of carboxylic acid groups (broad SMARTS) is 1. The van der Waals surface area contributed by atoms with E-state index in [2.05, 4.69) is 26.6 Å². The second-order valence-corrected chi connectivity index (χ2v) is 4.93. The second kappa shape index (κ2) is 6.14. The first kappa shape index (κ1) is 16.3. The number of anilines is 1. The van der Waals surface area contributed by atoms with Crippen molar-refractivity contribution >= 4 is 33.6 Å². The highest BCUT2D eigenvalue weighted by Crippen LogP contribution is 2.23. The summed E-state index contributed by atoms with van der Waals surface area (Å²) in [7, 11) is 0. The Labute approximate surface area is 120 Å². The Morgan fingerprint density at radius 1 is 1.35 bits per heavy atom. The second-order valence-electron chi connectivity index (χ2n) is 4.14. The number of halogens is 3. The average molecular weight is 353 g/mol. The van der Waals surface area contributed by atoms with Gasteiger partial charge in [-0.05, 0) is 35.0 Å². The SMILES string of the molecule is CC(O)(CNC(=O)Nc1cc(F)c(Br)c(F)c1)C(=O)O. The van der Waals surface area contributed by atoms with Crippen LogP contribution in [0.4, 0.5) is 19.3 Å². The Kier molecular flexibility index (Phi) is 5.01. The van der Waals surface area contributed by atoms with Crippen LogP contribution >= 0.6 is 15.9 Å². The van der Waals surface area contributed by atoms with E-state index < -0.39 is 35.8 Å². The molecule has 0 aliphatic rings. The van der Waals surface area contributed by atoms with Crippen molar-refractivity contribution in [3.05, 3.63) is 28.2 Å². The van der Waals surface area contributed by atoms with E-state index in [4.69, 9.17) is 5.11 Å². The van der Waals surface area contributed by atoms with Gasteiger partial charge in [-0.25, -0.2) is 18.4 Å². The third-order valence-electron chi connectivity index (χ3n) is 2.30. The number of benzene rings is 1. The van der Waals surface area contributed by atoms with E-state index in [0.29, 0.717) is 0 Å². The van der Waals surface area contributed by atoms with E-state index in [1.54, 1.807) is 0 Å². The summed E-state index contributed by atoms with van der Waals surface area (Å²) in [5, 5.41) is 22.2. The number of nitrogens with one attached hydrogen (secondary N) is 2. The molecule has 6 nitrogen and oxygen atoms in total. The lowest BCUT2D eigenvalue weighted by Crippen LogP contribution is -2.47. The number of aliphatic carboxylic acids is 1. The summed E-state index contributed by atoms with van der Waals surface area (Å²) in [6.45, 7) is 0.421. The monoisotopic (exact) mass is 352 g/mol. The van der Waals surface area contributed by atoms with Crippen LogP contribution in [0.1, 0.15) is 6.92 Å². The van der Waals surface area contributed by atoms with Crippen LogP contribution in [0, 0.1) is 11.6 Å². The van der Waals surface area contributed by atoms with Crippen molar-refractivity contribution in [2.24, 2.45) is 0 Å². The molecule has 20 heavy (non-hydrogen) atoms. The minimum Gasteiger partial charge on any atom is -0.479 e. The molecule has 9 heteroatoms. The van der Waals surface area contributed by atoms with Gasteiger partial charge in [0, 0.05) is 5.69 Å². The van der Waals surface area contributed by atoms with Gasteiger partial charge in [0.25, 0.3) is 0 Å². The number of hydrogen-bond donors (Lipinski definition) is 4.